The van der Waals surface area contributed by atoms with E-state index in [0.717, 1.165) is 48.0 Å². The van der Waals surface area contributed by atoms with E-state index in [0.29, 0.717) is 12.2 Å². The number of phenolic OH excluding ortho intramolecular Hbond substituents is 1. The summed E-state index contributed by atoms with van der Waals surface area (Å²) in [4.78, 5) is 11.2. The van der Waals surface area contributed by atoms with Crippen LogP contribution in [0.3, 0.4) is 0 Å². The molecule has 1 aromatic carbocycles. The predicted octanol–water partition coefficient (Wildman–Crippen LogP) is 4.91. The zero-order chi connectivity index (χ0) is 17.3. The number of aldehydes is 1. The number of hydrogen-bond donors (Lipinski definition) is 1. The topological polar surface area (TPSA) is 46.5 Å². The monoisotopic (exact) mass is 328 g/mol. The van der Waals surface area contributed by atoms with Gasteiger partial charge in [0.1, 0.15) is 23.4 Å². The summed E-state index contributed by atoms with van der Waals surface area (Å²) < 4.78 is 6.31. The van der Waals surface area contributed by atoms with Gasteiger partial charge in [0.2, 0.25) is 0 Å². The van der Waals surface area contributed by atoms with E-state index in [2.05, 4.69) is 26.8 Å². The Morgan fingerprint density at radius 1 is 1.33 bits per heavy atom. The molecule has 3 heteroatoms. The summed E-state index contributed by atoms with van der Waals surface area (Å²) in [6.07, 6.45) is 8.97. The number of fused-ring (bicyclic) bond motifs is 3. The maximum atomic E-state index is 11.2. The van der Waals surface area contributed by atoms with E-state index in [-0.39, 0.29) is 17.4 Å². The van der Waals surface area contributed by atoms with Gasteiger partial charge in [-0.1, -0.05) is 25.8 Å². The summed E-state index contributed by atoms with van der Waals surface area (Å²) in [6.45, 7) is 6.43. The zero-order valence-corrected chi connectivity index (χ0v) is 15.0. The molecular formula is C21H28O3. The van der Waals surface area contributed by atoms with E-state index >= 15 is 0 Å². The Morgan fingerprint density at radius 3 is 2.83 bits per heavy atom. The smallest absolute Gasteiger partial charge is 0.145 e. The average molecular weight is 328 g/mol. The van der Waals surface area contributed by atoms with Crippen LogP contribution in [0, 0.1) is 5.92 Å². The summed E-state index contributed by atoms with van der Waals surface area (Å²) >= 11 is 0. The third-order valence-corrected chi connectivity index (χ3v) is 5.61. The number of aromatic hydroxyl groups is 1. The molecule has 0 amide bonds. The van der Waals surface area contributed by atoms with Crippen LogP contribution in [0.1, 0.15) is 69.9 Å². The van der Waals surface area contributed by atoms with Gasteiger partial charge in [-0.05, 0) is 62.8 Å². The molecule has 0 aromatic heterocycles. The molecule has 1 aliphatic heterocycles. The lowest BCUT2D eigenvalue weighted by Gasteiger charge is -2.46. The zero-order valence-electron chi connectivity index (χ0n) is 15.0. The molecule has 0 saturated carbocycles. The normalized spacial score (nSPS) is 24.4. The van der Waals surface area contributed by atoms with Gasteiger partial charge in [-0.3, -0.25) is 4.79 Å². The summed E-state index contributed by atoms with van der Waals surface area (Å²) in [6, 6.07) is 3.99. The number of ether oxygens (including phenoxy) is 1. The van der Waals surface area contributed by atoms with Gasteiger partial charge < -0.3 is 9.84 Å². The van der Waals surface area contributed by atoms with Crippen LogP contribution in [0.25, 0.3) is 0 Å². The second-order valence-corrected chi connectivity index (χ2v) is 7.74. The Morgan fingerprint density at radius 2 is 2.12 bits per heavy atom. The highest BCUT2D eigenvalue weighted by Gasteiger charge is 2.46. The first-order valence-corrected chi connectivity index (χ1v) is 9.15. The van der Waals surface area contributed by atoms with Gasteiger partial charge in [0.15, 0.2) is 0 Å². The highest BCUT2D eigenvalue weighted by Crippen LogP contribution is 2.54. The van der Waals surface area contributed by atoms with Gasteiger partial charge in [-0.25, -0.2) is 0 Å². The minimum Gasteiger partial charge on any atom is -0.508 e. The fraction of sp³-hybridized carbons (Fsp3) is 0.571. The average Bonchev–Trinajstić information content (AvgIpc) is 2.53. The Bertz CT molecular complexity index is 657. The van der Waals surface area contributed by atoms with Crippen LogP contribution in [-0.4, -0.2) is 17.0 Å². The van der Waals surface area contributed by atoms with Crippen molar-refractivity contribution < 1.29 is 14.6 Å². The lowest BCUT2D eigenvalue weighted by atomic mass is 9.67. The van der Waals surface area contributed by atoms with Crippen LogP contribution in [0.5, 0.6) is 11.5 Å². The molecule has 3 rings (SSSR count). The Balaban J connectivity index is 1.97. The molecule has 0 bridgehead atoms. The van der Waals surface area contributed by atoms with Crippen LogP contribution >= 0.6 is 0 Å². The fourth-order valence-electron chi connectivity index (χ4n) is 4.30. The quantitative estimate of drug-likeness (QED) is 0.617. The third kappa shape index (κ3) is 3.09. The largest absolute Gasteiger partial charge is 0.508 e. The van der Waals surface area contributed by atoms with Gasteiger partial charge in [-0.2, -0.15) is 0 Å². The van der Waals surface area contributed by atoms with Crippen molar-refractivity contribution >= 4 is 6.29 Å². The van der Waals surface area contributed by atoms with Crippen LogP contribution in [0.15, 0.2) is 23.8 Å². The molecule has 130 valence electrons. The molecule has 0 fully saturated rings. The number of benzene rings is 1. The van der Waals surface area contributed by atoms with Crippen LogP contribution in [-0.2, 0) is 11.2 Å². The van der Waals surface area contributed by atoms with Crippen molar-refractivity contribution in [3.63, 3.8) is 0 Å². The summed E-state index contributed by atoms with van der Waals surface area (Å²) in [7, 11) is 0. The van der Waals surface area contributed by atoms with Crippen LogP contribution < -0.4 is 4.74 Å². The van der Waals surface area contributed by atoms with Gasteiger partial charge in [-0.15, -0.1) is 0 Å². The highest BCUT2D eigenvalue weighted by molar-refractivity contribution is 5.74. The van der Waals surface area contributed by atoms with Gasteiger partial charge in [0.05, 0.1) is 0 Å². The molecule has 1 aliphatic carbocycles. The maximum Gasteiger partial charge on any atom is 0.145 e. The van der Waals surface area contributed by atoms with E-state index in [1.165, 1.54) is 12.8 Å². The Labute approximate surface area is 144 Å². The number of carbonyl (C=O) groups excluding carboxylic acids is 1. The SMILES string of the molecule is CCCCCc1cc(O)c2c(c1)OC(C)(C)[C@@H]1CC=C(C=O)C[C@H]21. The molecule has 1 aromatic rings. The lowest BCUT2D eigenvalue weighted by Crippen LogP contribution is -2.45. The van der Waals surface area contributed by atoms with Crippen molar-refractivity contribution in [2.45, 2.75) is 70.8 Å². The molecule has 2 aliphatic rings. The van der Waals surface area contributed by atoms with Crippen molar-refractivity contribution in [3.05, 3.63) is 34.9 Å². The molecule has 0 saturated heterocycles. The highest BCUT2D eigenvalue weighted by atomic mass is 16.5. The first-order valence-electron chi connectivity index (χ1n) is 9.15. The maximum absolute atomic E-state index is 11.2. The van der Waals surface area contributed by atoms with E-state index in [1.807, 2.05) is 12.1 Å². The Hall–Kier alpha value is -1.77. The van der Waals surface area contributed by atoms with E-state index in [4.69, 9.17) is 4.74 Å². The van der Waals surface area contributed by atoms with Crippen molar-refractivity contribution in [1.82, 2.24) is 0 Å². The molecule has 3 nitrogen and oxygen atoms in total. The Kier molecular flexibility index (Phi) is 4.71. The van der Waals surface area contributed by atoms with Crippen molar-refractivity contribution in [2.75, 3.05) is 0 Å². The lowest BCUT2D eigenvalue weighted by molar-refractivity contribution is -0.105. The summed E-state index contributed by atoms with van der Waals surface area (Å²) in [5.74, 6) is 1.57. The number of unbranched alkanes of at least 4 members (excludes halogenated alkanes) is 2. The molecule has 0 radical (unpaired) electrons. The van der Waals surface area contributed by atoms with Crippen LogP contribution in [0.4, 0.5) is 0 Å². The van der Waals surface area contributed by atoms with Gasteiger partial charge >= 0.3 is 0 Å². The number of allylic oxidation sites excluding steroid dienone is 2. The molecule has 0 unspecified atom stereocenters. The van der Waals surface area contributed by atoms with Gasteiger partial charge in [0.25, 0.3) is 0 Å². The number of phenols is 1. The number of hydrogen-bond acceptors (Lipinski definition) is 3. The molecule has 0 spiro atoms. The molecule has 1 N–H and O–H groups in total. The second-order valence-electron chi connectivity index (χ2n) is 7.74. The minimum absolute atomic E-state index is 0.152. The van der Waals surface area contributed by atoms with Crippen molar-refractivity contribution in [3.8, 4) is 11.5 Å². The summed E-state index contributed by atoms with van der Waals surface area (Å²) in [5, 5.41) is 10.7. The third-order valence-electron chi connectivity index (χ3n) is 5.61. The van der Waals surface area contributed by atoms with E-state index in [9.17, 15) is 9.90 Å². The fourth-order valence-corrected chi connectivity index (χ4v) is 4.30. The van der Waals surface area contributed by atoms with E-state index < -0.39 is 0 Å². The van der Waals surface area contributed by atoms with Gasteiger partial charge in [0, 0.05) is 17.4 Å². The molecule has 2 atom stereocenters. The molecule has 24 heavy (non-hydrogen) atoms. The van der Waals surface area contributed by atoms with E-state index in [1.54, 1.807) is 0 Å². The molecule has 1 heterocycles. The predicted molar refractivity (Wildman–Crippen MR) is 95.7 cm³/mol. The number of aryl methyl sites for hydroxylation is 1. The second kappa shape index (κ2) is 6.62. The molecular weight excluding hydrogens is 300 g/mol. The summed E-state index contributed by atoms with van der Waals surface area (Å²) in [5.41, 5.74) is 2.57. The van der Waals surface area contributed by atoms with Crippen LogP contribution in [0.2, 0.25) is 0 Å². The minimum atomic E-state index is -0.295. The van der Waals surface area contributed by atoms with Crippen molar-refractivity contribution in [1.29, 1.82) is 0 Å². The standard InChI is InChI=1S/C21H28O3/c1-4-5-6-7-14-11-18(23)20-16-10-15(13-22)8-9-17(16)21(2,3)24-19(20)12-14/h8,11-13,16-17,23H,4-7,9-10H2,1-3H3/t16-,17+/m0/s1. The van der Waals surface area contributed by atoms with Crippen molar-refractivity contribution in [2.24, 2.45) is 5.92 Å². The first kappa shape index (κ1) is 17.1. The number of carbonyl (C=O) groups is 1. The number of rotatable bonds is 5. The first-order chi connectivity index (χ1) is 11.5.